The van der Waals surface area contributed by atoms with Crippen LogP contribution in [0.2, 0.25) is 0 Å². The third kappa shape index (κ3) is 4.23. The predicted octanol–water partition coefficient (Wildman–Crippen LogP) is 3.86. The first-order chi connectivity index (χ1) is 12.3. The van der Waals surface area contributed by atoms with E-state index < -0.39 is 11.7 Å². The van der Waals surface area contributed by atoms with Crippen LogP contribution in [0.4, 0.5) is 13.2 Å². The van der Waals surface area contributed by atoms with Gasteiger partial charge in [-0.25, -0.2) is 4.98 Å². The lowest BCUT2D eigenvalue weighted by Crippen LogP contribution is -2.23. The summed E-state index contributed by atoms with van der Waals surface area (Å²) < 4.78 is 37.8. The summed E-state index contributed by atoms with van der Waals surface area (Å²) in [5.41, 5.74) is 1.38. The molecule has 0 aliphatic heterocycles. The first-order valence-corrected chi connectivity index (χ1v) is 8.40. The van der Waals surface area contributed by atoms with Gasteiger partial charge < -0.3 is 5.32 Å². The molecule has 0 unspecified atom stereocenters. The molecule has 1 aromatic carbocycles. The van der Waals surface area contributed by atoms with Crippen molar-refractivity contribution >= 4 is 17.2 Å². The number of thiazole rings is 1. The van der Waals surface area contributed by atoms with Crippen molar-refractivity contribution in [3.63, 3.8) is 0 Å². The number of halogens is 3. The maximum Gasteiger partial charge on any atom is 0.416 e. The Bertz CT molecular complexity index is 905. The SMILES string of the molecule is Cc1cnc(CNC(=O)c2csc(-c3ccc(C(F)(F)F)cc3)n2)cn1. The van der Waals surface area contributed by atoms with Crippen molar-refractivity contribution in [3.05, 3.63) is 64.7 Å². The quantitative estimate of drug-likeness (QED) is 0.749. The Morgan fingerprint density at radius 2 is 1.88 bits per heavy atom. The number of aromatic nitrogens is 3. The van der Waals surface area contributed by atoms with Crippen LogP contribution in [0.3, 0.4) is 0 Å². The normalized spacial score (nSPS) is 11.4. The lowest BCUT2D eigenvalue weighted by Gasteiger charge is -2.06. The van der Waals surface area contributed by atoms with Crippen LogP contribution in [0.15, 0.2) is 42.0 Å². The Morgan fingerprint density at radius 1 is 1.15 bits per heavy atom. The zero-order chi connectivity index (χ0) is 18.7. The molecule has 5 nitrogen and oxygen atoms in total. The zero-order valence-corrected chi connectivity index (χ0v) is 14.4. The van der Waals surface area contributed by atoms with Crippen LogP contribution in [0.1, 0.15) is 27.4 Å². The van der Waals surface area contributed by atoms with E-state index in [-0.39, 0.29) is 18.1 Å². The molecule has 0 atom stereocenters. The fourth-order valence-electron chi connectivity index (χ4n) is 2.08. The molecule has 3 rings (SSSR count). The number of alkyl halides is 3. The molecular weight excluding hydrogens is 365 g/mol. The number of aryl methyl sites for hydroxylation is 1. The summed E-state index contributed by atoms with van der Waals surface area (Å²) in [7, 11) is 0. The molecule has 0 fully saturated rings. The molecule has 0 aliphatic carbocycles. The van der Waals surface area contributed by atoms with Gasteiger partial charge in [0, 0.05) is 17.1 Å². The molecular formula is C17H13F3N4OS. The van der Waals surface area contributed by atoms with E-state index in [0.717, 1.165) is 17.8 Å². The van der Waals surface area contributed by atoms with Crippen molar-refractivity contribution in [2.75, 3.05) is 0 Å². The molecule has 2 aromatic heterocycles. The van der Waals surface area contributed by atoms with Gasteiger partial charge in [-0.15, -0.1) is 11.3 Å². The van der Waals surface area contributed by atoms with E-state index in [1.807, 2.05) is 6.92 Å². The van der Waals surface area contributed by atoms with Crippen molar-refractivity contribution in [2.45, 2.75) is 19.6 Å². The highest BCUT2D eigenvalue weighted by Gasteiger charge is 2.30. The van der Waals surface area contributed by atoms with Crippen LogP contribution >= 0.6 is 11.3 Å². The highest BCUT2D eigenvalue weighted by Crippen LogP contribution is 2.31. The lowest BCUT2D eigenvalue weighted by molar-refractivity contribution is -0.137. The predicted molar refractivity (Wildman–Crippen MR) is 90.5 cm³/mol. The van der Waals surface area contributed by atoms with Crippen LogP contribution in [0.5, 0.6) is 0 Å². The third-order valence-electron chi connectivity index (χ3n) is 3.46. The number of benzene rings is 1. The van der Waals surface area contributed by atoms with Crippen LogP contribution in [0.25, 0.3) is 10.6 Å². The molecule has 9 heteroatoms. The minimum absolute atomic E-state index is 0.199. The van der Waals surface area contributed by atoms with Crippen molar-refractivity contribution in [1.29, 1.82) is 0 Å². The fraction of sp³-hybridized carbons (Fsp3) is 0.176. The number of nitrogens with zero attached hydrogens (tertiary/aromatic N) is 3. The van der Waals surface area contributed by atoms with Crippen LogP contribution in [-0.4, -0.2) is 20.9 Å². The highest BCUT2D eigenvalue weighted by atomic mass is 32.1. The molecule has 26 heavy (non-hydrogen) atoms. The van der Waals surface area contributed by atoms with E-state index in [1.165, 1.54) is 23.5 Å². The van der Waals surface area contributed by atoms with Gasteiger partial charge in [0.2, 0.25) is 0 Å². The average molecular weight is 378 g/mol. The van der Waals surface area contributed by atoms with E-state index in [2.05, 4.69) is 20.3 Å². The Kier molecular flexibility index (Phi) is 4.99. The van der Waals surface area contributed by atoms with Crippen LogP contribution in [-0.2, 0) is 12.7 Å². The smallest absolute Gasteiger partial charge is 0.345 e. The van der Waals surface area contributed by atoms with Crippen molar-refractivity contribution < 1.29 is 18.0 Å². The number of carbonyl (C=O) groups is 1. The van der Waals surface area contributed by atoms with Crippen LogP contribution < -0.4 is 5.32 Å². The maximum absolute atomic E-state index is 12.6. The summed E-state index contributed by atoms with van der Waals surface area (Å²) in [4.78, 5) is 24.6. The van der Waals surface area contributed by atoms with E-state index in [9.17, 15) is 18.0 Å². The average Bonchev–Trinajstić information content (AvgIpc) is 3.10. The topological polar surface area (TPSA) is 67.8 Å². The summed E-state index contributed by atoms with van der Waals surface area (Å²) in [6, 6.07) is 4.66. The summed E-state index contributed by atoms with van der Waals surface area (Å²) in [5.74, 6) is -0.387. The number of carbonyl (C=O) groups excluding carboxylic acids is 1. The van der Waals surface area contributed by atoms with Crippen LogP contribution in [0, 0.1) is 6.92 Å². The summed E-state index contributed by atoms with van der Waals surface area (Å²) in [6.07, 6.45) is -1.21. The van der Waals surface area contributed by atoms with Gasteiger partial charge in [-0.2, -0.15) is 13.2 Å². The second kappa shape index (κ2) is 7.20. The van der Waals surface area contributed by atoms with E-state index >= 15 is 0 Å². The van der Waals surface area contributed by atoms with E-state index in [0.29, 0.717) is 16.3 Å². The maximum atomic E-state index is 12.6. The van der Waals surface area contributed by atoms with E-state index in [1.54, 1.807) is 17.8 Å². The van der Waals surface area contributed by atoms with Gasteiger partial charge in [0.25, 0.3) is 5.91 Å². The summed E-state index contributed by atoms with van der Waals surface area (Å²) in [5, 5.41) is 4.71. The van der Waals surface area contributed by atoms with E-state index in [4.69, 9.17) is 0 Å². The Morgan fingerprint density at radius 3 is 2.50 bits per heavy atom. The lowest BCUT2D eigenvalue weighted by atomic mass is 10.1. The summed E-state index contributed by atoms with van der Waals surface area (Å²) in [6.45, 7) is 2.02. The van der Waals surface area contributed by atoms with Gasteiger partial charge >= 0.3 is 6.18 Å². The van der Waals surface area contributed by atoms with Crippen molar-refractivity contribution in [2.24, 2.45) is 0 Å². The first kappa shape index (κ1) is 18.0. The number of hydrogen-bond acceptors (Lipinski definition) is 5. The van der Waals surface area contributed by atoms with Crippen molar-refractivity contribution in [3.8, 4) is 10.6 Å². The molecule has 0 saturated heterocycles. The van der Waals surface area contributed by atoms with Gasteiger partial charge in [0.15, 0.2) is 0 Å². The molecule has 1 amide bonds. The van der Waals surface area contributed by atoms with Gasteiger partial charge in [-0.3, -0.25) is 14.8 Å². The van der Waals surface area contributed by atoms with Gasteiger partial charge in [0.1, 0.15) is 10.7 Å². The molecule has 0 saturated carbocycles. The Balaban J connectivity index is 1.67. The van der Waals surface area contributed by atoms with Crippen molar-refractivity contribution in [1.82, 2.24) is 20.3 Å². The molecule has 3 aromatic rings. The highest BCUT2D eigenvalue weighted by molar-refractivity contribution is 7.13. The Labute approximate surface area is 151 Å². The molecule has 1 N–H and O–H groups in total. The number of rotatable bonds is 4. The Hall–Kier alpha value is -2.81. The van der Waals surface area contributed by atoms with Gasteiger partial charge in [-0.1, -0.05) is 12.1 Å². The number of hydrogen-bond donors (Lipinski definition) is 1. The largest absolute Gasteiger partial charge is 0.416 e. The first-order valence-electron chi connectivity index (χ1n) is 7.52. The monoisotopic (exact) mass is 378 g/mol. The minimum Gasteiger partial charge on any atom is -0.345 e. The minimum atomic E-state index is -4.38. The zero-order valence-electron chi connectivity index (χ0n) is 13.5. The van der Waals surface area contributed by atoms with Gasteiger partial charge in [-0.05, 0) is 19.1 Å². The molecule has 2 heterocycles. The standard InChI is InChI=1S/C17H13F3N4OS/c1-10-6-22-13(7-21-10)8-23-15(25)14-9-26-16(24-14)11-2-4-12(5-3-11)17(18,19)20/h2-7,9H,8H2,1H3,(H,23,25). The molecule has 0 aliphatic rings. The molecule has 0 radical (unpaired) electrons. The summed E-state index contributed by atoms with van der Waals surface area (Å²) >= 11 is 1.19. The van der Waals surface area contributed by atoms with Gasteiger partial charge in [0.05, 0.1) is 29.7 Å². The molecule has 0 bridgehead atoms. The number of nitrogens with one attached hydrogen (secondary N) is 1. The molecule has 134 valence electrons. The number of amides is 1. The second-order valence-electron chi connectivity index (χ2n) is 5.44. The fourth-order valence-corrected chi connectivity index (χ4v) is 2.89. The molecule has 0 spiro atoms. The second-order valence-corrected chi connectivity index (χ2v) is 6.30. The third-order valence-corrected chi connectivity index (χ3v) is 4.35.